The number of carbonyl (C=O) groups excluding carboxylic acids is 1. The summed E-state index contributed by atoms with van der Waals surface area (Å²) in [6, 6.07) is 9.10. The average molecular weight is 266 g/mol. The van der Waals surface area contributed by atoms with E-state index >= 15 is 0 Å². The van der Waals surface area contributed by atoms with Gasteiger partial charge in [-0.2, -0.15) is 0 Å². The van der Waals surface area contributed by atoms with Gasteiger partial charge in [0, 0.05) is 10.7 Å². The van der Waals surface area contributed by atoms with Crippen molar-refractivity contribution in [2.75, 3.05) is 5.32 Å². The molecule has 6 heteroatoms. The van der Waals surface area contributed by atoms with Crippen LogP contribution in [0.1, 0.15) is 21.1 Å². The SMILES string of the molecule is O=C(O)c1ccc(C(=O)Nc2cccc(Cl)c2)o1. The van der Waals surface area contributed by atoms with Gasteiger partial charge < -0.3 is 14.8 Å². The number of carbonyl (C=O) groups is 2. The smallest absolute Gasteiger partial charge is 0.371 e. The third-order valence-corrected chi connectivity index (χ3v) is 2.36. The van der Waals surface area contributed by atoms with E-state index in [0.29, 0.717) is 10.7 Å². The van der Waals surface area contributed by atoms with Crippen molar-refractivity contribution in [1.29, 1.82) is 0 Å². The predicted octanol–water partition coefficient (Wildman–Crippen LogP) is 2.88. The maximum absolute atomic E-state index is 11.7. The van der Waals surface area contributed by atoms with Crippen LogP contribution in [0.4, 0.5) is 5.69 Å². The van der Waals surface area contributed by atoms with Crippen LogP contribution in [0, 0.1) is 0 Å². The third-order valence-electron chi connectivity index (χ3n) is 2.12. The number of hydrogen-bond donors (Lipinski definition) is 2. The molecule has 1 aromatic carbocycles. The zero-order valence-corrected chi connectivity index (χ0v) is 9.77. The summed E-state index contributed by atoms with van der Waals surface area (Å²) in [5.41, 5.74) is 0.501. The summed E-state index contributed by atoms with van der Waals surface area (Å²) in [5.74, 6) is -2.12. The van der Waals surface area contributed by atoms with E-state index < -0.39 is 11.9 Å². The molecule has 0 atom stereocenters. The van der Waals surface area contributed by atoms with Crippen LogP contribution < -0.4 is 5.32 Å². The van der Waals surface area contributed by atoms with E-state index in [2.05, 4.69) is 5.32 Å². The highest BCUT2D eigenvalue weighted by atomic mass is 35.5. The number of rotatable bonds is 3. The number of hydrogen-bond acceptors (Lipinski definition) is 3. The van der Waals surface area contributed by atoms with E-state index in [1.54, 1.807) is 24.3 Å². The van der Waals surface area contributed by atoms with Crippen LogP contribution in [0.5, 0.6) is 0 Å². The van der Waals surface area contributed by atoms with Crippen molar-refractivity contribution < 1.29 is 19.1 Å². The number of aromatic carboxylic acids is 1. The first-order valence-electron chi connectivity index (χ1n) is 4.96. The van der Waals surface area contributed by atoms with Gasteiger partial charge in [0.05, 0.1) is 0 Å². The lowest BCUT2D eigenvalue weighted by Crippen LogP contribution is -2.10. The lowest BCUT2D eigenvalue weighted by Gasteiger charge is -2.02. The fraction of sp³-hybridized carbons (Fsp3) is 0. The molecule has 92 valence electrons. The molecule has 2 rings (SSSR count). The van der Waals surface area contributed by atoms with E-state index in [-0.39, 0.29) is 11.5 Å². The number of nitrogens with one attached hydrogen (secondary N) is 1. The largest absolute Gasteiger partial charge is 0.475 e. The highest BCUT2D eigenvalue weighted by Crippen LogP contribution is 2.16. The summed E-state index contributed by atoms with van der Waals surface area (Å²) in [7, 11) is 0. The maximum Gasteiger partial charge on any atom is 0.371 e. The normalized spacial score (nSPS) is 10.1. The van der Waals surface area contributed by atoms with Crippen LogP contribution >= 0.6 is 11.6 Å². The van der Waals surface area contributed by atoms with Crippen molar-refractivity contribution in [2.45, 2.75) is 0 Å². The Morgan fingerprint density at radius 3 is 2.50 bits per heavy atom. The maximum atomic E-state index is 11.7. The van der Waals surface area contributed by atoms with Gasteiger partial charge in [0.2, 0.25) is 5.76 Å². The van der Waals surface area contributed by atoms with Crippen molar-refractivity contribution in [3.8, 4) is 0 Å². The number of halogens is 1. The van der Waals surface area contributed by atoms with Gasteiger partial charge >= 0.3 is 5.97 Å². The van der Waals surface area contributed by atoms with E-state index in [1.807, 2.05) is 0 Å². The van der Waals surface area contributed by atoms with Crippen LogP contribution in [0.25, 0.3) is 0 Å². The number of amides is 1. The number of carboxylic acid groups (broad SMARTS) is 1. The fourth-order valence-electron chi connectivity index (χ4n) is 1.33. The molecule has 0 saturated heterocycles. The molecule has 0 aliphatic heterocycles. The molecular formula is C12H8ClNO4. The molecular weight excluding hydrogens is 258 g/mol. The number of carboxylic acids is 1. The number of furan rings is 1. The van der Waals surface area contributed by atoms with Crippen molar-refractivity contribution in [3.05, 3.63) is 52.9 Å². The van der Waals surface area contributed by atoms with Gasteiger partial charge in [0.15, 0.2) is 5.76 Å². The van der Waals surface area contributed by atoms with Crippen LogP contribution in [-0.4, -0.2) is 17.0 Å². The average Bonchev–Trinajstić information content (AvgIpc) is 2.78. The van der Waals surface area contributed by atoms with Gasteiger partial charge in [-0.25, -0.2) is 4.79 Å². The summed E-state index contributed by atoms with van der Waals surface area (Å²) in [4.78, 5) is 22.3. The van der Waals surface area contributed by atoms with E-state index in [9.17, 15) is 9.59 Å². The summed E-state index contributed by atoms with van der Waals surface area (Å²) >= 11 is 5.77. The lowest BCUT2D eigenvalue weighted by molar-refractivity contribution is 0.0660. The van der Waals surface area contributed by atoms with E-state index in [1.165, 1.54) is 12.1 Å². The van der Waals surface area contributed by atoms with Crippen LogP contribution in [-0.2, 0) is 0 Å². The van der Waals surface area contributed by atoms with Crippen molar-refractivity contribution >= 4 is 29.2 Å². The molecule has 0 spiro atoms. The molecule has 1 aromatic heterocycles. The standard InChI is InChI=1S/C12H8ClNO4/c13-7-2-1-3-8(6-7)14-11(15)9-4-5-10(18-9)12(16)17/h1-6H,(H,14,15)(H,16,17). The molecule has 1 amide bonds. The first-order valence-corrected chi connectivity index (χ1v) is 5.34. The molecule has 0 aliphatic rings. The van der Waals surface area contributed by atoms with Gasteiger partial charge in [0.1, 0.15) is 0 Å². The Balaban J connectivity index is 2.14. The monoisotopic (exact) mass is 265 g/mol. The summed E-state index contributed by atoms with van der Waals surface area (Å²) in [6.45, 7) is 0. The summed E-state index contributed by atoms with van der Waals surface area (Å²) < 4.78 is 4.86. The van der Waals surface area contributed by atoms with Gasteiger partial charge in [-0.05, 0) is 30.3 Å². The second-order valence-corrected chi connectivity index (χ2v) is 3.87. The quantitative estimate of drug-likeness (QED) is 0.894. The van der Waals surface area contributed by atoms with Crippen LogP contribution in [0.15, 0.2) is 40.8 Å². The Hall–Kier alpha value is -2.27. The van der Waals surface area contributed by atoms with Gasteiger partial charge in [-0.1, -0.05) is 17.7 Å². The van der Waals surface area contributed by atoms with Crippen molar-refractivity contribution in [3.63, 3.8) is 0 Å². The minimum Gasteiger partial charge on any atom is -0.475 e. The Kier molecular flexibility index (Phi) is 3.34. The van der Waals surface area contributed by atoms with Gasteiger partial charge in [0.25, 0.3) is 5.91 Å². The highest BCUT2D eigenvalue weighted by molar-refractivity contribution is 6.30. The zero-order chi connectivity index (χ0) is 13.1. The minimum absolute atomic E-state index is 0.0765. The molecule has 0 fully saturated rings. The third kappa shape index (κ3) is 2.70. The molecule has 0 unspecified atom stereocenters. The Bertz CT molecular complexity index is 606. The van der Waals surface area contributed by atoms with Gasteiger partial charge in [-0.3, -0.25) is 4.79 Å². The predicted molar refractivity (Wildman–Crippen MR) is 65.1 cm³/mol. The fourth-order valence-corrected chi connectivity index (χ4v) is 1.52. The molecule has 2 aromatic rings. The Morgan fingerprint density at radius 2 is 1.89 bits per heavy atom. The summed E-state index contributed by atoms with van der Waals surface area (Å²) in [5, 5.41) is 11.7. The Morgan fingerprint density at radius 1 is 1.17 bits per heavy atom. The molecule has 0 saturated carbocycles. The second kappa shape index (κ2) is 4.93. The van der Waals surface area contributed by atoms with Crippen LogP contribution in [0.2, 0.25) is 5.02 Å². The topological polar surface area (TPSA) is 79.5 Å². The number of anilines is 1. The van der Waals surface area contributed by atoms with E-state index in [4.69, 9.17) is 21.1 Å². The second-order valence-electron chi connectivity index (χ2n) is 3.43. The minimum atomic E-state index is -1.23. The number of benzene rings is 1. The first-order chi connectivity index (χ1) is 8.56. The van der Waals surface area contributed by atoms with E-state index in [0.717, 1.165) is 0 Å². The first kappa shape index (κ1) is 12.2. The molecule has 0 radical (unpaired) electrons. The molecule has 0 aliphatic carbocycles. The summed E-state index contributed by atoms with van der Waals surface area (Å²) in [6.07, 6.45) is 0. The van der Waals surface area contributed by atoms with Crippen LogP contribution in [0.3, 0.4) is 0 Å². The molecule has 0 bridgehead atoms. The van der Waals surface area contributed by atoms with Crippen molar-refractivity contribution in [2.24, 2.45) is 0 Å². The molecule has 5 nitrogen and oxygen atoms in total. The zero-order valence-electron chi connectivity index (χ0n) is 9.01. The van der Waals surface area contributed by atoms with Crippen molar-refractivity contribution in [1.82, 2.24) is 0 Å². The lowest BCUT2D eigenvalue weighted by atomic mass is 10.3. The molecule has 18 heavy (non-hydrogen) atoms. The highest BCUT2D eigenvalue weighted by Gasteiger charge is 2.14. The Labute approximate surface area is 107 Å². The molecule has 1 heterocycles. The molecule has 2 N–H and O–H groups in total. The van der Waals surface area contributed by atoms with Gasteiger partial charge in [-0.15, -0.1) is 0 Å².